The molecule has 1 aromatic carbocycles. The number of H-pyrrole nitrogens is 1. The number of aromatic amines is 1. The van der Waals surface area contributed by atoms with Gasteiger partial charge < -0.3 is 15.5 Å². The van der Waals surface area contributed by atoms with Gasteiger partial charge in [-0.15, -0.1) is 11.3 Å². The normalized spacial score (nSPS) is 18.5. The molecule has 1 atom stereocenters. The third-order valence-electron chi connectivity index (χ3n) is 5.90. The van der Waals surface area contributed by atoms with Crippen LogP contribution >= 0.6 is 11.3 Å². The van der Waals surface area contributed by atoms with Gasteiger partial charge in [-0.05, 0) is 35.2 Å². The molecule has 0 spiro atoms. The minimum Gasteiger partial charge on any atom is -0.357 e. The van der Waals surface area contributed by atoms with E-state index in [1.165, 1.54) is 15.6 Å². The molecule has 0 radical (unpaired) electrons. The van der Waals surface area contributed by atoms with Crippen LogP contribution in [0.25, 0.3) is 21.0 Å². The van der Waals surface area contributed by atoms with Gasteiger partial charge in [0.2, 0.25) is 0 Å². The van der Waals surface area contributed by atoms with Gasteiger partial charge in [-0.2, -0.15) is 4.31 Å². The number of benzene rings is 1. The number of fused-ring (bicyclic) bond motifs is 2. The first kappa shape index (κ1) is 21.2. The average molecular weight is 470 g/mol. The molecule has 1 aliphatic rings. The van der Waals surface area contributed by atoms with Crippen LogP contribution in [0.15, 0.2) is 53.0 Å². The summed E-state index contributed by atoms with van der Waals surface area (Å²) in [6.45, 7) is 1.88. The van der Waals surface area contributed by atoms with Crippen molar-refractivity contribution in [2.24, 2.45) is 5.73 Å². The molecule has 1 unspecified atom stereocenters. The predicted octanol–water partition coefficient (Wildman–Crippen LogP) is 2.31. The largest absolute Gasteiger partial charge is 0.357 e. The van der Waals surface area contributed by atoms with Crippen molar-refractivity contribution in [3.05, 3.63) is 60.0 Å². The maximum absolute atomic E-state index is 13.3. The van der Waals surface area contributed by atoms with Crippen molar-refractivity contribution in [2.45, 2.75) is 23.3 Å². The van der Waals surface area contributed by atoms with Gasteiger partial charge in [-0.1, -0.05) is 12.1 Å². The summed E-state index contributed by atoms with van der Waals surface area (Å²) < 4.78 is 29.2. The fourth-order valence-corrected chi connectivity index (χ4v) is 7.20. The van der Waals surface area contributed by atoms with Crippen LogP contribution in [0.3, 0.4) is 0 Å². The number of aromatic nitrogens is 2. The van der Waals surface area contributed by atoms with Crippen LogP contribution in [0, 0.1) is 0 Å². The second kappa shape index (κ2) is 8.38. The van der Waals surface area contributed by atoms with E-state index in [2.05, 4.69) is 9.97 Å². The molecule has 0 saturated carbocycles. The number of sulfonamides is 1. The Morgan fingerprint density at radius 3 is 2.84 bits per heavy atom. The number of nitrogens with two attached hydrogens (primary N) is 1. The standard InChI is InChI=1S/C22H23N5O3S2/c23-10-15-1-2-16-9-22(31-21(16)7-15)32(29,30)27-6-5-26(19(13-27)14-28)12-18-8-17-11-24-4-3-20(17)25-18/h1-4,7-9,11,14,19,25H,5-6,10,12-13,23H2. The lowest BCUT2D eigenvalue weighted by atomic mass is 10.2. The molecular weight excluding hydrogens is 446 g/mol. The van der Waals surface area contributed by atoms with E-state index in [4.69, 9.17) is 5.73 Å². The van der Waals surface area contributed by atoms with E-state index in [1.54, 1.807) is 18.5 Å². The average Bonchev–Trinajstić information content (AvgIpc) is 3.42. The van der Waals surface area contributed by atoms with Gasteiger partial charge in [0.15, 0.2) is 0 Å². The smallest absolute Gasteiger partial charge is 0.252 e. The van der Waals surface area contributed by atoms with Gasteiger partial charge >= 0.3 is 0 Å². The van der Waals surface area contributed by atoms with E-state index in [-0.39, 0.29) is 6.54 Å². The molecule has 1 aliphatic heterocycles. The predicted molar refractivity (Wildman–Crippen MR) is 125 cm³/mol. The topological polar surface area (TPSA) is 112 Å². The summed E-state index contributed by atoms with van der Waals surface area (Å²) in [5.74, 6) is 0. The second-order valence-electron chi connectivity index (χ2n) is 7.94. The maximum atomic E-state index is 13.3. The second-order valence-corrected chi connectivity index (χ2v) is 11.2. The molecule has 0 bridgehead atoms. The molecule has 3 N–H and O–H groups in total. The lowest BCUT2D eigenvalue weighted by Gasteiger charge is -2.37. The zero-order valence-corrected chi connectivity index (χ0v) is 18.9. The van der Waals surface area contributed by atoms with Gasteiger partial charge in [0.05, 0.1) is 6.04 Å². The first-order valence-electron chi connectivity index (χ1n) is 10.3. The molecule has 3 aromatic heterocycles. The third-order valence-corrected chi connectivity index (χ3v) is 9.31. The third kappa shape index (κ3) is 3.84. The van der Waals surface area contributed by atoms with E-state index in [1.807, 2.05) is 35.2 Å². The Labute approximate surface area is 189 Å². The number of hydrogen-bond acceptors (Lipinski definition) is 7. The van der Waals surface area contributed by atoms with Crippen LogP contribution in [0.5, 0.6) is 0 Å². The minimum absolute atomic E-state index is 0.135. The fourth-order valence-electron chi connectivity index (χ4n) is 4.13. The molecule has 32 heavy (non-hydrogen) atoms. The quantitative estimate of drug-likeness (QED) is 0.419. The van der Waals surface area contributed by atoms with Crippen molar-refractivity contribution in [1.29, 1.82) is 0 Å². The van der Waals surface area contributed by atoms with Crippen molar-refractivity contribution in [1.82, 2.24) is 19.2 Å². The van der Waals surface area contributed by atoms with E-state index in [9.17, 15) is 13.2 Å². The van der Waals surface area contributed by atoms with Crippen LogP contribution in [0.2, 0.25) is 0 Å². The van der Waals surface area contributed by atoms with Gasteiger partial charge in [-0.3, -0.25) is 9.88 Å². The Bertz CT molecular complexity index is 1360. The number of carbonyl (C=O) groups is 1. The SMILES string of the molecule is NCc1ccc2cc(S(=O)(=O)N3CCN(Cc4cc5cnccc5[nH]4)C(C=O)C3)sc2c1. The van der Waals surface area contributed by atoms with Gasteiger partial charge in [0.25, 0.3) is 10.0 Å². The van der Waals surface area contributed by atoms with Crippen molar-refractivity contribution in [3.8, 4) is 0 Å². The first-order chi connectivity index (χ1) is 15.5. The highest BCUT2D eigenvalue weighted by molar-refractivity contribution is 7.91. The van der Waals surface area contributed by atoms with E-state index in [0.717, 1.165) is 38.5 Å². The first-order valence-corrected chi connectivity index (χ1v) is 12.6. The van der Waals surface area contributed by atoms with Crippen molar-refractivity contribution >= 4 is 48.6 Å². The summed E-state index contributed by atoms with van der Waals surface area (Å²) >= 11 is 1.24. The summed E-state index contributed by atoms with van der Waals surface area (Å²) in [5, 5.41) is 1.89. The molecule has 4 aromatic rings. The Hall–Kier alpha value is -2.63. The number of nitrogens with one attached hydrogen (secondary N) is 1. The van der Waals surface area contributed by atoms with Crippen molar-refractivity contribution in [2.75, 3.05) is 19.6 Å². The van der Waals surface area contributed by atoms with Crippen molar-refractivity contribution in [3.63, 3.8) is 0 Å². The summed E-state index contributed by atoms with van der Waals surface area (Å²) in [7, 11) is -3.68. The highest BCUT2D eigenvalue weighted by atomic mass is 32.2. The van der Waals surface area contributed by atoms with E-state index in [0.29, 0.717) is 30.4 Å². The van der Waals surface area contributed by atoms with Crippen LogP contribution < -0.4 is 5.73 Å². The number of pyridine rings is 1. The van der Waals surface area contributed by atoms with E-state index >= 15 is 0 Å². The number of carbonyl (C=O) groups excluding carboxylic acids is 1. The molecular formula is C22H23N5O3S2. The number of thiophene rings is 1. The molecule has 166 valence electrons. The number of aldehydes is 1. The number of rotatable bonds is 6. The molecule has 1 saturated heterocycles. The Kier molecular flexibility index (Phi) is 5.56. The number of piperazine rings is 1. The molecule has 5 rings (SSSR count). The van der Waals surface area contributed by atoms with Gasteiger partial charge in [-0.25, -0.2) is 8.42 Å². The zero-order chi connectivity index (χ0) is 22.3. The Morgan fingerprint density at radius 1 is 1.19 bits per heavy atom. The summed E-state index contributed by atoms with van der Waals surface area (Å²) in [5.41, 5.74) is 8.63. The van der Waals surface area contributed by atoms with Crippen LogP contribution in [0.4, 0.5) is 0 Å². The van der Waals surface area contributed by atoms with Gasteiger partial charge in [0, 0.05) is 66.4 Å². The van der Waals surface area contributed by atoms with E-state index < -0.39 is 16.1 Å². The van der Waals surface area contributed by atoms with Crippen LogP contribution in [0.1, 0.15) is 11.3 Å². The molecule has 10 heteroatoms. The highest BCUT2D eigenvalue weighted by Gasteiger charge is 2.35. The molecule has 8 nitrogen and oxygen atoms in total. The zero-order valence-electron chi connectivity index (χ0n) is 17.3. The lowest BCUT2D eigenvalue weighted by molar-refractivity contribution is -0.114. The minimum atomic E-state index is -3.68. The fraction of sp³-hybridized carbons (Fsp3) is 0.273. The molecule has 0 aliphatic carbocycles. The Balaban J connectivity index is 1.35. The summed E-state index contributed by atoms with van der Waals surface area (Å²) in [6.07, 6.45) is 4.36. The molecule has 0 amide bonds. The van der Waals surface area contributed by atoms with Crippen LogP contribution in [-0.2, 0) is 27.9 Å². The lowest BCUT2D eigenvalue weighted by Crippen LogP contribution is -2.54. The highest BCUT2D eigenvalue weighted by Crippen LogP contribution is 2.32. The molecule has 1 fully saturated rings. The number of nitrogens with zero attached hydrogens (tertiary/aromatic N) is 3. The Morgan fingerprint density at radius 2 is 2.06 bits per heavy atom. The maximum Gasteiger partial charge on any atom is 0.252 e. The van der Waals surface area contributed by atoms with Crippen molar-refractivity contribution < 1.29 is 13.2 Å². The molecule has 4 heterocycles. The summed E-state index contributed by atoms with van der Waals surface area (Å²) in [6, 6.07) is 10.8. The monoisotopic (exact) mass is 469 g/mol. The number of hydrogen-bond donors (Lipinski definition) is 2. The van der Waals surface area contributed by atoms with Crippen LogP contribution in [-0.4, -0.2) is 59.6 Å². The summed E-state index contributed by atoms with van der Waals surface area (Å²) in [4.78, 5) is 21.3. The van der Waals surface area contributed by atoms with Gasteiger partial charge in [0.1, 0.15) is 10.5 Å².